The molecule has 0 aromatic heterocycles. The molecule has 6 aliphatic heterocycles. The molecular weight excluding hydrogens is 1530 g/mol. The van der Waals surface area contributed by atoms with Crippen LogP contribution in [-0.4, -0.2) is 24.5 Å². The Hall–Kier alpha value is -13.6. The fraction of sp³-hybridized carbons (Fsp3) is 0.193. The van der Waals surface area contributed by atoms with Crippen LogP contribution in [0.5, 0.6) is 0 Å². The molecule has 0 amide bonds. The van der Waals surface area contributed by atoms with Gasteiger partial charge in [-0.25, -0.2) is 0 Å². The van der Waals surface area contributed by atoms with Gasteiger partial charge in [0.1, 0.15) is 0 Å². The zero-order valence-corrected chi connectivity index (χ0v) is 74.2. The molecule has 2 saturated carbocycles. The van der Waals surface area contributed by atoms with Crippen molar-refractivity contribution >= 4 is 137 Å². The van der Waals surface area contributed by atoms with Gasteiger partial charge in [-0.05, 0) is 271 Å². The first-order chi connectivity index (χ1) is 61.8. The number of hydrogen-bond acceptors (Lipinski definition) is 6. The summed E-state index contributed by atoms with van der Waals surface area (Å²) in [6.07, 6.45) is 8.97. The molecule has 127 heavy (non-hydrogen) atoms. The first-order valence-corrected chi connectivity index (χ1v) is 46.3. The zero-order valence-electron chi connectivity index (χ0n) is 74.2. The van der Waals surface area contributed by atoms with E-state index in [0.29, 0.717) is 0 Å². The van der Waals surface area contributed by atoms with Crippen molar-refractivity contribution in [2.75, 3.05) is 29.4 Å². The molecule has 0 saturated heterocycles. The third kappa shape index (κ3) is 11.7. The summed E-state index contributed by atoms with van der Waals surface area (Å²) in [6.45, 7) is 22.3. The third-order valence-electron chi connectivity index (χ3n) is 31.6. The summed E-state index contributed by atoms with van der Waals surface area (Å²) in [5.74, 6) is 0. The SMILES string of the molecule is CC(C)(C)c1ccc2c(c1)C1(C)CCCCCC1(C)N2c1cc2c3c(c1)N(c1ccc(-c4ccccc4)cc1)c1ccc(-c4cccc(CC(C)(C)c5ccc6c(c5)C5(C)CCC5(C)N6c5cc6c7c(c5)N(c5ccc(-c8ccccc8)cc5)c5ccc(-c8ccccc8)cc5B7c5ccccc5N6c5ccccc5)c4)cc1B3c1ccccc1N2c1ccccc1. The van der Waals surface area contributed by atoms with Gasteiger partial charge in [0, 0.05) is 102 Å². The van der Waals surface area contributed by atoms with Gasteiger partial charge < -0.3 is 29.4 Å². The average Bonchev–Trinajstić information content (AvgIpc) is 1.56. The quantitative estimate of drug-likeness (QED) is 0.106. The van der Waals surface area contributed by atoms with Gasteiger partial charge in [-0.1, -0.05) is 329 Å². The van der Waals surface area contributed by atoms with E-state index in [1.165, 1.54) is 193 Å². The Labute approximate surface area is 750 Å². The number of para-hydroxylation sites is 4. The molecule has 16 aromatic rings. The van der Waals surface area contributed by atoms with Gasteiger partial charge in [-0.2, -0.15) is 0 Å². The van der Waals surface area contributed by atoms with Crippen molar-refractivity contribution in [2.45, 2.75) is 146 Å². The smallest absolute Gasteiger partial charge is 0.252 e. The van der Waals surface area contributed by atoms with Crippen LogP contribution in [0.15, 0.2) is 370 Å². The molecular formula is C119H104B2N6. The van der Waals surface area contributed by atoms with Gasteiger partial charge in [0.25, 0.3) is 13.4 Å². The van der Waals surface area contributed by atoms with Crippen molar-refractivity contribution < 1.29 is 0 Å². The van der Waals surface area contributed by atoms with Crippen LogP contribution in [0.25, 0.3) is 44.5 Å². The van der Waals surface area contributed by atoms with E-state index in [1.54, 1.807) is 0 Å². The van der Waals surface area contributed by atoms with Crippen molar-refractivity contribution in [3.05, 3.63) is 398 Å². The summed E-state index contributed by atoms with van der Waals surface area (Å²) in [6, 6.07) is 142. The van der Waals surface area contributed by atoms with E-state index in [-0.39, 0.29) is 46.2 Å². The highest BCUT2D eigenvalue weighted by Gasteiger charge is 2.64. The second kappa shape index (κ2) is 28.7. The number of anilines is 16. The van der Waals surface area contributed by atoms with Crippen LogP contribution in [0.2, 0.25) is 0 Å². The molecule has 8 aliphatic rings. The molecule has 0 N–H and O–H groups in total. The standard InChI is InChI=1S/C119H104B2N6/c1-114(2,3)88-55-63-102-96(72-88)116(6)65-30-15-31-66-118(116,8)126(102)94-74-108-113-110(75-94)125(93-59-51-84(52-60-93)81-36-18-11-19-37-81)107-62-54-87(71-101(107)121(113)99-46-27-29-48-105(99)122(108)90-41-22-13-23-42-90)85-40-32-33-79(69-85)78-115(4,5)89-56-64-103-97(73-89)117(7)67-68-119(117,9)127(103)95-76-109-112-111(77-95)124(92-57-49-83(50-58-92)80-34-16-10-17-35-80)106-61-53-86(82-38-20-12-21-39-82)70-100(106)120(112)98-45-26-28-47-104(98)123(109)91-43-24-14-25-44-91/h10-14,16-29,32-64,69-77H,15,30-31,65-68,78H2,1-9H3. The number of nitrogens with zero attached hydrogens (tertiary/aromatic N) is 6. The Balaban J connectivity index is 0.623. The Kier molecular flexibility index (Phi) is 17.4. The highest BCUT2D eigenvalue weighted by atomic mass is 15.3. The summed E-state index contributed by atoms with van der Waals surface area (Å²) < 4.78 is 0. The summed E-state index contributed by atoms with van der Waals surface area (Å²) >= 11 is 0. The van der Waals surface area contributed by atoms with Crippen molar-refractivity contribution in [3.8, 4) is 44.5 Å². The molecule has 4 atom stereocenters. The molecule has 4 unspecified atom stereocenters. The Morgan fingerprint density at radius 2 is 0.598 bits per heavy atom. The maximum absolute atomic E-state index is 2.83. The minimum Gasteiger partial charge on any atom is -0.334 e. The van der Waals surface area contributed by atoms with Crippen LogP contribution in [0.1, 0.15) is 135 Å². The Bertz CT molecular complexity index is 7090. The average molecular weight is 1640 g/mol. The zero-order chi connectivity index (χ0) is 85.6. The molecule has 6 heterocycles. The second-order valence-corrected chi connectivity index (χ2v) is 39.9. The van der Waals surface area contributed by atoms with E-state index >= 15 is 0 Å². The molecule has 0 spiro atoms. The van der Waals surface area contributed by atoms with E-state index in [1.807, 2.05) is 0 Å². The first-order valence-electron chi connectivity index (χ1n) is 46.3. The predicted octanol–water partition coefficient (Wildman–Crippen LogP) is 27.4. The minimum atomic E-state index is -0.239. The van der Waals surface area contributed by atoms with Gasteiger partial charge in [-0.15, -0.1) is 0 Å². The molecule has 16 aromatic carbocycles. The van der Waals surface area contributed by atoms with Gasteiger partial charge in [0.15, 0.2) is 0 Å². The molecule has 2 fully saturated rings. The summed E-state index contributed by atoms with van der Waals surface area (Å²) in [7, 11) is 0. The molecule has 24 rings (SSSR count). The molecule has 2 aliphatic carbocycles. The number of benzene rings is 16. The lowest BCUT2D eigenvalue weighted by Gasteiger charge is -2.56. The van der Waals surface area contributed by atoms with Gasteiger partial charge in [-0.3, -0.25) is 0 Å². The fourth-order valence-corrected chi connectivity index (χ4v) is 24.4. The molecule has 0 radical (unpaired) electrons. The van der Waals surface area contributed by atoms with Crippen molar-refractivity contribution in [3.63, 3.8) is 0 Å². The first kappa shape index (κ1) is 77.1. The van der Waals surface area contributed by atoms with Crippen molar-refractivity contribution in [1.82, 2.24) is 0 Å². The maximum Gasteiger partial charge on any atom is 0.252 e. The van der Waals surface area contributed by atoms with Crippen LogP contribution < -0.4 is 62.2 Å². The lowest BCUT2D eigenvalue weighted by molar-refractivity contribution is 0.133. The molecule has 616 valence electrons. The van der Waals surface area contributed by atoms with Crippen LogP contribution in [0, 0.1) is 0 Å². The molecule has 6 nitrogen and oxygen atoms in total. The number of fused-ring (bicyclic) bond motifs is 14. The second-order valence-electron chi connectivity index (χ2n) is 39.9. The van der Waals surface area contributed by atoms with E-state index < -0.39 is 0 Å². The van der Waals surface area contributed by atoms with Crippen LogP contribution >= 0.6 is 0 Å². The van der Waals surface area contributed by atoms with Crippen molar-refractivity contribution in [2.24, 2.45) is 0 Å². The Morgan fingerprint density at radius 1 is 0.252 bits per heavy atom. The third-order valence-corrected chi connectivity index (χ3v) is 31.6. The normalized spacial score (nSPS) is 19.5. The van der Waals surface area contributed by atoms with Crippen molar-refractivity contribution in [1.29, 1.82) is 0 Å². The monoisotopic (exact) mass is 1640 g/mol. The van der Waals surface area contributed by atoms with E-state index in [4.69, 9.17) is 0 Å². The minimum absolute atomic E-state index is 0.00880. The highest BCUT2D eigenvalue weighted by Crippen LogP contribution is 2.67. The van der Waals surface area contributed by atoms with Crippen LogP contribution in [0.3, 0.4) is 0 Å². The van der Waals surface area contributed by atoms with Gasteiger partial charge in [0.2, 0.25) is 0 Å². The topological polar surface area (TPSA) is 19.4 Å². The van der Waals surface area contributed by atoms with Gasteiger partial charge >= 0.3 is 0 Å². The predicted molar refractivity (Wildman–Crippen MR) is 539 cm³/mol. The lowest BCUT2D eigenvalue weighted by atomic mass is 9.33. The van der Waals surface area contributed by atoms with Gasteiger partial charge in [0.05, 0.1) is 11.1 Å². The molecule has 0 bridgehead atoms. The Morgan fingerprint density at radius 3 is 1.06 bits per heavy atom. The largest absolute Gasteiger partial charge is 0.334 e. The van der Waals surface area contributed by atoms with Crippen LogP contribution in [0.4, 0.5) is 91.0 Å². The van der Waals surface area contributed by atoms with E-state index in [0.717, 1.165) is 54.9 Å². The van der Waals surface area contributed by atoms with Crippen LogP contribution in [-0.2, 0) is 28.1 Å². The fourth-order valence-electron chi connectivity index (χ4n) is 24.4. The number of hydrogen-bond donors (Lipinski definition) is 0. The lowest BCUT2D eigenvalue weighted by Crippen LogP contribution is -2.62. The summed E-state index contributed by atoms with van der Waals surface area (Å²) in [4.78, 5) is 16.0. The highest BCUT2D eigenvalue weighted by molar-refractivity contribution is 7.01. The summed E-state index contributed by atoms with van der Waals surface area (Å²) in [5.41, 5.74) is 43.1. The van der Waals surface area contributed by atoms with E-state index in [2.05, 4.69) is 462 Å². The summed E-state index contributed by atoms with van der Waals surface area (Å²) in [5, 5.41) is 0. The maximum atomic E-state index is 2.83. The molecule has 8 heteroatoms. The number of rotatable bonds is 13. The van der Waals surface area contributed by atoms with E-state index in [9.17, 15) is 0 Å².